The van der Waals surface area contributed by atoms with E-state index < -0.39 is 0 Å². The monoisotopic (exact) mass is 208 g/mol. The largest absolute Gasteiger partial charge is 0.349 e. The Kier molecular flexibility index (Phi) is 7.74. The third-order valence-electron chi connectivity index (χ3n) is 2.44. The second kappa shape index (κ2) is 8.30. The van der Waals surface area contributed by atoms with Gasteiger partial charge in [0.2, 0.25) is 0 Å². The summed E-state index contributed by atoms with van der Waals surface area (Å²) in [5.74, 6) is 0. The van der Waals surface area contributed by atoms with Gasteiger partial charge in [0.1, 0.15) is 0 Å². The number of rotatable bonds is 7. The molecule has 0 aromatic rings. The van der Waals surface area contributed by atoms with Gasteiger partial charge >= 0.3 is 0 Å². The van der Waals surface area contributed by atoms with Crippen LogP contribution < -0.4 is 5.32 Å². The van der Waals surface area contributed by atoms with E-state index in [1.54, 1.807) is 0 Å². The van der Waals surface area contributed by atoms with E-state index in [1.807, 2.05) is 19.2 Å². The highest BCUT2D eigenvalue weighted by atomic mass is 15.1. The minimum absolute atomic E-state index is 1.05. The van der Waals surface area contributed by atoms with E-state index in [2.05, 4.69) is 43.6 Å². The van der Waals surface area contributed by atoms with Crippen molar-refractivity contribution in [3.63, 3.8) is 0 Å². The summed E-state index contributed by atoms with van der Waals surface area (Å²) < 4.78 is 0. The van der Waals surface area contributed by atoms with Crippen LogP contribution >= 0.6 is 0 Å². The molecule has 0 fully saturated rings. The maximum Gasteiger partial charge on any atom is 0.0236 e. The van der Waals surface area contributed by atoms with Crippen molar-refractivity contribution in [1.29, 1.82) is 0 Å². The third-order valence-corrected chi connectivity index (χ3v) is 2.44. The quantitative estimate of drug-likeness (QED) is 0.511. The van der Waals surface area contributed by atoms with Gasteiger partial charge in [-0.25, -0.2) is 0 Å². The maximum absolute atomic E-state index is 3.73. The van der Waals surface area contributed by atoms with Crippen LogP contribution in [0.5, 0.6) is 0 Å². The van der Waals surface area contributed by atoms with Crippen molar-refractivity contribution in [2.45, 2.75) is 27.2 Å². The summed E-state index contributed by atoms with van der Waals surface area (Å²) >= 11 is 0. The van der Waals surface area contributed by atoms with Crippen molar-refractivity contribution in [2.24, 2.45) is 0 Å². The Morgan fingerprint density at radius 2 is 2.00 bits per heavy atom. The summed E-state index contributed by atoms with van der Waals surface area (Å²) in [6.07, 6.45) is 7.17. The molecule has 0 amide bonds. The highest BCUT2D eigenvalue weighted by molar-refractivity contribution is 5.13. The van der Waals surface area contributed by atoms with Gasteiger partial charge in [-0.2, -0.15) is 0 Å². The number of allylic oxidation sites excluding steroid dienone is 5. The standard InChI is InChI=1S/C13H24N2/c1-6-9-13(4)15(12(3)7-2)11-8-10-14-5/h6-7,9,14H,1,8,10-11H2,2-5H3/b12-7+,13-9+. The molecule has 1 N–H and O–H groups in total. The van der Waals surface area contributed by atoms with Gasteiger partial charge in [-0.1, -0.05) is 18.7 Å². The van der Waals surface area contributed by atoms with Crippen molar-refractivity contribution < 1.29 is 0 Å². The van der Waals surface area contributed by atoms with Crippen LogP contribution in [-0.2, 0) is 0 Å². The number of nitrogens with zero attached hydrogens (tertiary/aromatic N) is 1. The Bertz CT molecular complexity index is 239. The molecule has 0 saturated heterocycles. The lowest BCUT2D eigenvalue weighted by Gasteiger charge is -2.26. The second-order valence-electron chi connectivity index (χ2n) is 3.58. The molecule has 0 bridgehead atoms. The molecule has 0 rings (SSSR count). The van der Waals surface area contributed by atoms with Crippen molar-refractivity contribution in [3.8, 4) is 0 Å². The van der Waals surface area contributed by atoms with Gasteiger partial charge in [-0.3, -0.25) is 0 Å². The predicted molar refractivity (Wildman–Crippen MR) is 68.6 cm³/mol. The summed E-state index contributed by atoms with van der Waals surface area (Å²) in [5.41, 5.74) is 2.54. The van der Waals surface area contributed by atoms with E-state index in [-0.39, 0.29) is 0 Å². The Morgan fingerprint density at radius 3 is 2.47 bits per heavy atom. The molecule has 0 atom stereocenters. The van der Waals surface area contributed by atoms with E-state index in [1.165, 1.54) is 11.4 Å². The fraction of sp³-hybridized carbons (Fsp3) is 0.538. The molecule has 0 unspecified atom stereocenters. The van der Waals surface area contributed by atoms with Crippen molar-refractivity contribution in [3.05, 3.63) is 36.2 Å². The molecule has 0 aromatic heterocycles. The van der Waals surface area contributed by atoms with Crippen molar-refractivity contribution in [2.75, 3.05) is 20.1 Å². The minimum atomic E-state index is 1.05. The molecule has 0 aliphatic heterocycles. The van der Waals surface area contributed by atoms with E-state index in [4.69, 9.17) is 0 Å². The van der Waals surface area contributed by atoms with Gasteiger partial charge in [0, 0.05) is 17.9 Å². The Labute approximate surface area is 94.4 Å². The summed E-state index contributed by atoms with van der Waals surface area (Å²) in [4.78, 5) is 2.32. The molecule has 2 heteroatoms. The van der Waals surface area contributed by atoms with Crippen LogP contribution in [0.25, 0.3) is 0 Å². The molecular weight excluding hydrogens is 184 g/mol. The molecular formula is C13H24N2. The molecule has 0 aromatic carbocycles. The first kappa shape index (κ1) is 14.0. The molecule has 0 heterocycles. The smallest absolute Gasteiger partial charge is 0.0236 e. The van der Waals surface area contributed by atoms with E-state index in [0.29, 0.717) is 0 Å². The summed E-state index contributed by atoms with van der Waals surface area (Å²) in [6.45, 7) is 12.2. The molecule has 2 nitrogen and oxygen atoms in total. The first-order valence-electron chi connectivity index (χ1n) is 5.51. The number of nitrogens with one attached hydrogen (secondary N) is 1. The molecule has 15 heavy (non-hydrogen) atoms. The zero-order valence-corrected chi connectivity index (χ0v) is 10.5. The fourth-order valence-corrected chi connectivity index (χ4v) is 1.46. The lowest BCUT2D eigenvalue weighted by Crippen LogP contribution is -2.23. The number of hydrogen-bond donors (Lipinski definition) is 1. The average molecular weight is 208 g/mol. The molecule has 86 valence electrons. The van der Waals surface area contributed by atoms with Gasteiger partial charge in [0.05, 0.1) is 0 Å². The summed E-state index contributed by atoms with van der Waals surface area (Å²) in [5, 5.41) is 3.17. The predicted octanol–water partition coefficient (Wildman–Crippen LogP) is 2.91. The lowest BCUT2D eigenvalue weighted by molar-refractivity contribution is 0.414. The zero-order chi connectivity index (χ0) is 11.7. The summed E-state index contributed by atoms with van der Waals surface area (Å²) in [6, 6.07) is 0. The average Bonchev–Trinajstić information content (AvgIpc) is 2.23. The summed E-state index contributed by atoms with van der Waals surface area (Å²) in [7, 11) is 1.99. The van der Waals surface area contributed by atoms with Gasteiger partial charge in [-0.15, -0.1) is 0 Å². The van der Waals surface area contributed by atoms with Crippen LogP contribution in [0, 0.1) is 0 Å². The van der Waals surface area contributed by atoms with Crippen molar-refractivity contribution >= 4 is 0 Å². The molecule has 0 spiro atoms. The van der Waals surface area contributed by atoms with Crippen LogP contribution in [0.3, 0.4) is 0 Å². The topological polar surface area (TPSA) is 15.3 Å². The van der Waals surface area contributed by atoms with Gasteiger partial charge < -0.3 is 10.2 Å². The Hall–Kier alpha value is -1.02. The van der Waals surface area contributed by atoms with Crippen LogP contribution in [0.4, 0.5) is 0 Å². The normalized spacial score (nSPS) is 12.8. The molecule has 0 aliphatic rings. The van der Waals surface area contributed by atoms with Gasteiger partial charge in [0.15, 0.2) is 0 Å². The van der Waals surface area contributed by atoms with E-state index in [9.17, 15) is 0 Å². The molecule has 0 aliphatic carbocycles. The number of hydrogen-bond acceptors (Lipinski definition) is 2. The highest BCUT2D eigenvalue weighted by Gasteiger charge is 2.05. The fourth-order valence-electron chi connectivity index (χ4n) is 1.46. The van der Waals surface area contributed by atoms with Gasteiger partial charge in [0.25, 0.3) is 0 Å². The Morgan fingerprint density at radius 1 is 1.33 bits per heavy atom. The second-order valence-corrected chi connectivity index (χ2v) is 3.58. The van der Waals surface area contributed by atoms with E-state index >= 15 is 0 Å². The molecule has 0 saturated carbocycles. The maximum atomic E-state index is 3.73. The minimum Gasteiger partial charge on any atom is -0.349 e. The zero-order valence-electron chi connectivity index (χ0n) is 10.5. The Balaban J connectivity index is 4.44. The van der Waals surface area contributed by atoms with Crippen LogP contribution in [0.2, 0.25) is 0 Å². The van der Waals surface area contributed by atoms with Crippen LogP contribution in [0.1, 0.15) is 27.2 Å². The SMILES string of the molecule is C=C/C=C(\C)N(CCCNC)/C(C)=C/C. The van der Waals surface area contributed by atoms with E-state index in [0.717, 1.165) is 19.5 Å². The first-order valence-corrected chi connectivity index (χ1v) is 5.51. The third kappa shape index (κ3) is 5.43. The van der Waals surface area contributed by atoms with Crippen LogP contribution in [0.15, 0.2) is 36.2 Å². The van der Waals surface area contributed by atoms with Crippen LogP contribution in [-0.4, -0.2) is 25.0 Å². The molecule has 0 radical (unpaired) electrons. The van der Waals surface area contributed by atoms with Crippen molar-refractivity contribution in [1.82, 2.24) is 10.2 Å². The lowest BCUT2D eigenvalue weighted by atomic mass is 10.2. The van der Waals surface area contributed by atoms with Gasteiger partial charge in [-0.05, 0) is 46.9 Å². The first-order chi connectivity index (χ1) is 7.17. The highest BCUT2D eigenvalue weighted by Crippen LogP contribution is 2.12.